The summed E-state index contributed by atoms with van der Waals surface area (Å²) < 4.78 is 1.86. The number of nitrogens with one attached hydrogen (secondary N) is 2. The Morgan fingerprint density at radius 2 is 2.00 bits per heavy atom. The molecule has 2 rings (SSSR count). The summed E-state index contributed by atoms with van der Waals surface area (Å²) >= 11 is 5.17. The molecular formula is C11H12N4S. The fraction of sp³-hybridized carbons (Fsp3) is 0.0909. The number of anilines is 2. The maximum absolute atomic E-state index is 5.17. The van der Waals surface area contributed by atoms with Crippen LogP contribution >= 0.6 is 12.2 Å². The van der Waals surface area contributed by atoms with E-state index in [4.69, 9.17) is 12.2 Å². The summed E-state index contributed by atoms with van der Waals surface area (Å²) in [6.45, 7) is 0. The van der Waals surface area contributed by atoms with Gasteiger partial charge in [-0.2, -0.15) is 0 Å². The molecule has 82 valence electrons. The molecule has 1 heterocycles. The molecular weight excluding hydrogens is 220 g/mol. The second kappa shape index (κ2) is 4.76. The van der Waals surface area contributed by atoms with Gasteiger partial charge in [0, 0.05) is 25.1 Å². The summed E-state index contributed by atoms with van der Waals surface area (Å²) in [5, 5.41) is 6.61. The molecule has 0 amide bonds. The third-order valence-corrected chi connectivity index (χ3v) is 2.28. The van der Waals surface area contributed by atoms with Crippen LogP contribution in [0.5, 0.6) is 0 Å². The molecule has 1 aromatic heterocycles. The summed E-state index contributed by atoms with van der Waals surface area (Å²) in [7, 11) is 1.90. The van der Waals surface area contributed by atoms with E-state index < -0.39 is 0 Å². The van der Waals surface area contributed by atoms with E-state index in [0.717, 1.165) is 5.69 Å². The minimum absolute atomic E-state index is 0.528. The lowest BCUT2D eigenvalue weighted by atomic mass is 10.3. The van der Waals surface area contributed by atoms with E-state index in [0.29, 0.717) is 11.1 Å². The monoisotopic (exact) mass is 232 g/mol. The van der Waals surface area contributed by atoms with Gasteiger partial charge in [0.25, 0.3) is 0 Å². The predicted molar refractivity (Wildman–Crippen MR) is 69.5 cm³/mol. The van der Waals surface area contributed by atoms with Crippen molar-refractivity contribution in [2.75, 3.05) is 10.6 Å². The zero-order valence-electron chi connectivity index (χ0n) is 8.84. The predicted octanol–water partition coefficient (Wildman–Crippen LogP) is 2.23. The standard InChI is InChI=1S/C11H12N4S/c1-15-8-7-12-10(15)14-11(16)13-9-5-3-2-4-6-9/h2-8H,1H3,(H2,12,13,14,16). The van der Waals surface area contributed by atoms with Crippen LogP contribution < -0.4 is 10.6 Å². The first-order valence-corrected chi connectivity index (χ1v) is 5.27. The molecule has 0 bridgehead atoms. The van der Waals surface area contributed by atoms with Gasteiger partial charge in [-0.15, -0.1) is 0 Å². The molecule has 5 heteroatoms. The summed E-state index contributed by atoms with van der Waals surface area (Å²) in [6.07, 6.45) is 3.57. The number of rotatable bonds is 2. The van der Waals surface area contributed by atoms with Crippen molar-refractivity contribution in [3.8, 4) is 0 Å². The van der Waals surface area contributed by atoms with E-state index in [9.17, 15) is 0 Å². The third-order valence-electron chi connectivity index (χ3n) is 2.08. The first-order valence-electron chi connectivity index (χ1n) is 4.86. The highest BCUT2D eigenvalue weighted by atomic mass is 32.1. The number of thiocarbonyl (C=S) groups is 1. The van der Waals surface area contributed by atoms with Gasteiger partial charge in [-0.3, -0.25) is 0 Å². The Morgan fingerprint density at radius 1 is 1.25 bits per heavy atom. The lowest BCUT2D eigenvalue weighted by molar-refractivity contribution is 0.927. The Bertz CT molecular complexity index is 478. The van der Waals surface area contributed by atoms with Crippen LogP contribution in [0.4, 0.5) is 11.6 Å². The molecule has 4 nitrogen and oxygen atoms in total. The maximum atomic E-state index is 5.17. The summed E-state index contributed by atoms with van der Waals surface area (Å²) in [5.41, 5.74) is 0.953. The maximum Gasteiger partial charge on any atom is 0.208 e. The van der Waals surface area contributed by atoms with Crippen LogP contribution in [0.15, 0.2) is 42.7 Å². The fourth-order valence-corrected chi connectivity index (χ4v) is 1.48. The summed E-state index contributed by atoms with van der Waals surface area (Å²) in [6, 6.07) is 9.76. The van der Waals surface area contributed by atoms with Crippen LogP contribution in [-0.2, 0) is 7.05 Å². The largest absolute Gasteiger partial charge is 0.332 e. The highest BCUT2D eigenvalue weighted by molar-refractivity contribution is 7.80. The van der Waals surface area contributed by atoms with Crippen LogP contribution in [0.2, 0.25) is 0 Å². The molecule has 0 saturated heterocycles. The number of hydrogen-bond donors (Lipinski definition) is 2. The molecule has 0 spiro atoms. The number of imidazole rings is 1. The van der Waals surface area contributed by atoms with E-state index in [1.54, 1.807) is 6.20 Å². The lowest BCUT2D eigenvalue weighted by Gasteiger charge is -2.09. The topological polar surface area (TPSA) is 41.9 Å². The van der Waals surface area contributed by atoms with Crippen molar-refractivity contribution < 1.29 is 0 Å². The number of benzene rings is 1. The molecule has 0 atom stereocenters. The van der Waals surface area contributed by atoms with Gasteiger partial charge >= 0.3 is 0 Å². The number of aromatic nitrogens is 2. The molecule has 1 aromatic carbocycles. The molecule has 0 aliphatic heterocycles. The normalized spacial score (nSPS) is 9.81. The Labute approximate surface area is 99.3 Å². The Balaban J connectivity index is 1.98. The van der Waals surface area contributed by atoms with E-state index in [-0.39, 0.29) is 0 Å². The van der Waals surface area contributed by atoms with Crippen LogP contribution in [0.25, 0.3) is 0 Å². The second-order valence-corrected chi connectivity index (χ2v) is 3.72. The first kappa shape index (κ1) is 10.6. The first-order chi connectivity index (χ1) is 7.75. The van der Waals surface area contributed by atoms with Crippen molar-refractivity contribution >= 4 is 29.0 Å². The number of nitrogens with zero attached hydrogens (tertiary/aromatic N) is 2. The number of para-hydroxylation sites is 1. The van der Waals surface area contributed by atoms with Gasteiger partial charge in [0.1, 0.15) is 0 Å². The molecule has 16 heavy (non-hydrogen) atoms. The van der Waals surface area contributed by atoms with Crippen LogP contribution in [0, 0.1) is 0 Å². The second-order valence-electron chi connectivity index (χ2n) is 3.31. The van der Waals surface area contributed by atoms with E-state index in [1.165, 1.54) is 0 Å². The molecule has 2 aromatic rings. The van der Waals surface area contributed by atoms with Gasteiger partial charge in [-0.1, -0.05) is 18.2 Å². The zero-order valence-corrected chi connectivity index (χ0v) is 9.66. The third kappa shape index (κ3) is 2.58. The smallest absolute Gasteiger partial charge is 0.208 e. The molecule has 2 N–H and O–H groups in total. The molecule has 0 aliphatic rings. The Kier molecular flexibility index (Phi) is 3.16. The van der Waals surface area contributed by atoms with Gasteiger partial charge in [-0.25, -0.2) is 4.98 Å². The van der Waals surface area contributed by atoms with Crippen LogP contribution in [0.1, 0.15) is 0 Å². The molecule has 0 radical (unpaired) electrons. The van der Waals surface area contributed by atoms with Gasteiger partial charge < -0.3 is 15.2 Å². The highest BCUT2D eigenvalue weighted by Crippen LogP contribution is 2.06. The average Bonchev–Trinajstić information content (AvgIpc) is 2.66. The summed E-state index contributed by atoms with van der Waals surface area (Å²) in [4.78, 5) is 4.12. The van der Waals surface area contributed by atoms with E-state index in [2.05, 4.69) is 15.6 Å². The minimum Gasteiger partial charge on any atom is -0.332 e. The highest BCUT2D eigenvalue weighted by Gasteiger charge is 2.01. The van der Waals surface area contributed by atoms with Gasteiger partial charge in [0.05, 0.1) is 0 Å². The Hall–Kier alpha value is -1.88. The van der Waals surface area contributed by atoms with Crippen molar-refractivity contribution in [2.45, 2.75) is 0 Å². The molecule has 0 unspecified atom stereocenters. The van der Waals surface area contributed by atoms with E-state index >= 15 is 0 Å². The quantitative estimate of drug-likeness (QED) is 0.779. The van der Waals surface area contributed by atoms with Crippen LogP contribution in [-0.4, -0.2) is 14.7 Å². The summed E-state index contributed by atoms with van der Waals surface area (Å²) in [5.74, 6) is 0.716. The lowest BCUT2D eigenvalue weighted by Crippen LogP contribution is -2.20. The number of hydrogen-bond acceptors (Lipinski definition) is 2. The van der Waals surface area contributed by atoms with E-state index in [1.807, 2.05) is 48.1 Å². The zero-order chi connectivity index (χ0) is 11.4. The van der Waals surface area contributed by atoms with Gasteiger partial charge in [-0.05, 0) is 24.4 Å². The average molecular weight is 232 g/mol. The van der Waals surface area contributed by atoms with Crippen molar-refractivity contribution in [3.63, 3.8) is 0 Å². The SMILES string of the molecule is Cn1ccnc1NC(=S)Nc1ccccc1. The van der Waals surface area contributed by atoms with Crippen molar-refractivity contribution in [1.82, 2.24) is 9.55 Å². The minimum atomic E-state index is 0.528. The molecule has 0 saturated carbocycles. The van der Waals surface area contributed by atoms with Gasteiger partial charge in [0.15, 0.2) is 5.11 Å². The molecule has 0 fully saturated rings. The molecule has 0 aliphatic carbocycles. The van der Waals surface area contributed by atoms with Crippen molar-refractivity contribution in [3.05, 3.63) is 42.7 Å². The van der Waals surface area contributed by atoms with Crippen LogP contribution in [0.3, 0.4) is 0 Å². The fourth-order valence-electron chi connectivity index (χ4n) is 1.27. The van der Waals surface area contributed by atoms with Crippen molar-refractivity contribution in [2.24, 2.45) is 7.05 Å². The van der Waals surface area contributed by atoms with Crippen molar-refractivity contribution in [1.29, 1.82) is 0 Å². The van der Waals surface area contributed by atoms with Gasteiger partial charge in [0.2, 0.25) is 5.95 Å². The Morgan fingerprint density at radius 3 is 2.62 bits per heavy atom. The number of aryl methyl sites for hydroxylation is 1.